The van der Waals surface area contributed by atoms with E-state index >= 15 is 0 Å². The van der Waals surface area contributed by atoms with Crippen molar-refractivity contribution in [3.8, 4) is 0 Å². The summed E-state index contributed by atoms with van der Waals surface area (Å²) < 4.78 is 5.52. The Kier molecular flexibility index (Phi) is 9.17. The summed E-state index contributed by atoms with van der Waals surface area (Å²) in [6, 6.07) is 10.2. The molecule has 0 saturated heterocycles. The van der Waals surface area contributed by atoms with E-state index in [1.165, 1.54) is 6.08 Å². The molecule has 112 valence electrons. The van der Waals surface area contributed by atoms with Gasteiger partial charge in [-0.15, -0.1) is 17.0 Å². The van der Waals surface area contributed by atoms with Crippen molar-refractivity contribution in [2.75, 3.05) is 14.1 Å². The average molecular weight is 342 g/mol. The Labute approximate surface area is 132 Å². The lowest BCUT2D eigenvalue weighted by atomic mass is 9.97. The lowest BCUT2D eigenvalue weighted by molar-refractivity contribution is -0.146. The highest BCUT2D eigenvalue weighted by atomic mass is 79.9. The first kappa shape index (κ1) is 18.9. The third-order valence-corrected chi connectivity index (χ3v) is 3.06. The number of hydrogen-bond acceptors (Lipinski definition) is 3. The molecule has 0 N–H and O–H groups in total. The minimum atomic E-state index is -0.360. The normalized spacial score (nSPS) is 13.2. The average Bonchev–Trinajstić information content (AvgIpc) is 2.39. The molecule has 20 heavy (non-hydrogen) atoms. The molecule has 0 fully saturated rings. The lowest BCUT2D eigenvalue weighted by Gasteiger charge is -2.32. The predicted molar refractivity (Wildman–Crippen MR) is 88.2 cm³/mol. The zero-order valence-corrected chi connectivity index (χ0v) is 14.1. The fraction of sp³-hybridized carbons (Fsp3) is 0.438. The third kappa shape index (κ3) is 5.47. The summed E-state index contributed by atoms with van der Waals surface area (Å²) in [5, 5.41) is 0. The first-order valence-electron chi connectivity index (χ1n) is 6.64. The van der Waals surface area contributed by atoms with Crippen molar-refractivity contribution < 1.29 is 9.53 Å². The molecule has 3 nitrogen and oxygen atoms in total. The summed E-state index contributed by atoms with van der Waals surface area (Å²) in [6.45, 7) is 5.55. The maximum Gasteiger partial charge on any atom is 0.330 e. The molecule has 4 heteroatoms. The van der Waals surface area contributed by atoms with Crippen molar-refractivity contribution in [1.29, 1.82) is 0 Å². The van der Waals surface area contributed by atoms with Crippen LogP contribution in [0.2, 0.25) is 0 Å². The number of hydrogen-bond donors (Lipinski definition) is 0. The molecule has 0 aliphatic heterocycles. The molecule has 2 unspecified atom stereocenters. The van der Waals surface area contributed by atoms with Gasteiger partial charge in [0, 0.05) is 6.08 Å². The third-order valence-electron chi connectivity index (χ3n) is 3.06. The van der Waals surface area contributed by atoms with Gasteiger partial charge >= 0.3 is 5.97 Å². The molecule has 1 rings (SSSR count). The van der Waals surface area contributed by atoms with Crippen LogP contribution in [0.1, 0.15) is 31.4 Å². The Morgan fingerprint density at radius 2 is 1.95 bits per heavy atom. The van der Waals surface area contributed by atoms with E-state index in [2.05, 4.69) is 30.5 Å². The number of carbonyl (C=O) groups excluding carboxylic acids is 1. The van der Waals surface area contributed by atoms with Gasteiger partial charge in [-0.1, -0.05) is 50.3 Å². The zero-order chi connectivity index (χ0) is 14.3. The van der Waals surface area contributed by atoms with E-state index in [4.69, 9.17) is 4.74 Å². The maximum atomic E-state index is 11.5. The van der Waals surface area contributed by atoms with Crippen LogP contribution >= 0.6 is 17.0 Å². The standard InChI is InChI=1S/C16H23NO2.BrH/c1-5-10-14(19-15(18)6-2)16(17(3)4)13-11-8-7-9-12-13;/h6-9,11-12,14,16H,2,5,10H2,1,3-4H3;1H. The fourth-order valence-corrected chi connectivity index (χ4v) is 2.26. The number of ether oxygens (including phenoxy) is 1. The van der Waals surface area contributed by atoms with E-state index in [1.54, 1.807) is 0 Å². The van der Waals surface area contributed by atoms with Gasteiger partial charge in [-0.2, -0.15) is 0 Å². The quantitative estimate of drug-likeness (QED) is 0.558. The summed E-state index contributed by atoms with van der Waals surface area (Å²) in [6.07, 6.45) is 2.86. The first-order chi connectivity index (χ1) is 9.10. The van der Waals surface area contributed by atoms with Gasteiger partial charge in [0.1, 0.15) is 6.10 Å². The molecule has 0 spiro atoms. The van der Waals surface area contributed by atoms with Gasteiger partial charge in [-0.05, 0) is 26.1 Å². The second kappa shape index (κ2) is 9.72. The van der Waals surface area contributed by atoms with Crippen LogP contribution in [0.25, 0.3) is 0 Å². The SMILES string of the molecule is Br.C=CC(=O)OC(CCC)C(c1ccccc1)N(C)C. The molecule has 1 aromatic carbocycles. The number of carbonyl (C=O) groups is 1. The van der Waals surface area contributed by atoms with Crippen LogP contribution < -0.4 is 0 Å². The van der Waals surface area contributed by atoms with Gasteiger partial charge in [0.2, 0.25) is 0 Å². The number of rotatable bonds is 7. The molecule has 0 amide bonds. The van der Waals surface area contributed by atoms with Crippen LogP contribution in [0, 0.1) is 0 Å². The second-order valence-corrected chi connectivity index (χ2v) is 4.79. The molecular weight excluding hydrogens is 318 g/mol. The Hall–Kier alpha value is -1.13. The molecule has 0 saturated carbocycles. The molecule has 2 atom stereocenters. The molecule has 0 aliphatic carbocycles. The monoisotopic (exact) mass is 341 g/mol. The van der Waals surface area contributed by atoms with Crippen LogP contribution in [0.4, 0.5) is 0 Å². The highest BCUT2D eigenvalue weighted by Gasteiger charge is 2.27. The van der Waals surface area contributed by atoms with Crippen LogP contribution in [-0.4, -0.2) is 31.1 Å². The Morgan fingerprint density at radius 3 is 2.40 bits per heavy atom. The number of nitrogens with zero attached hydrogens (tertiary/aromatic N) is 1. The minimum absolute atomic E-state index is 0. The summed E-state index contributed by atoms with van der Waals surface area (Å²) in [7, 11) is 4.00. The van der Waals surface area contributed by atoms with Crippen molar-refractivity contribution in [3.63, 3.8) is 0 Å². The van der Waals surface area contributed by atoms with Crippen molar-refractivity contribution in [3.05, 3.63) is 48.6 Å². The van der Waals surface area contributed by atoms with Gasteiger partial charge in [0.15, 0.2) is 0 Å². The highest BCUT2D eigenvalue weighted by molar-refractivity contribution is 8.93. The van der Waals surface area contributed by atoms with Crippen molar-refractivity contribution >= 4 is 23.0 Å². The van der Waals surface area contributed by atoms with Crippen LogP contribution in [0.3, 0.4) is 0 Å². The van der Waals surface area contributed by atoms with Gasteiger partial charge in [-0.25, -0.2) is 4.79 Å². The maximum absolute atomic E-state index is 11.5. The topological polar surface area (TPSA) is 29.5 Å². The van der Waals surface area contributed by atoms with E-state index in [0.717, 1.165) is 18.4 Å². The lowest BCUT2D eigenvalue weighted by Crippen LogP contribution is -2.34. The summed E-state index contributed by atoms with van der Waals surface area (Å²) in [4.78, 5) is 13.6. The predicted octanol–water partition coefficient (Wildman–Crippen LogP) is 3.77. The molecule has 0 aliphatic rings. The van der Waals surface area contributed by atoms with Crippen molar-refractivity contribution in [2.45, 2.75) is 31.9 Å². The van der Waals surface area contributed by atoms with Crippen LogP contribution in [-0.2, 0) is 9.53 Å². The number of likely N-dealkylation sites (N-methyl/N-ethyl adjacent to an activating group) is 1. The molecule has 1 aromatic rings. The molecule has 0 bridgehead atoms. The van der Waals surface area contributed by atoms with E-state index < -0.39 is 0 Å². The van der Waals surface area contributed by atoms with Gasteiger partial charge in [-0.3, -0.25) is 4.90 Å². The Bertz CT molecular complexity index is 406. The number of benzene rings is 1. The second-order valence-electron chi connectivity index (χ2n) is 4.79. The summed E-state index contributed by atoms with van der Waals surface area (Å²) in [5.41, 5.74) is 1.16. The van der Waals surface area contributed by atoms with Crippen LogP contribution in [0.5, 0.6) is 0 Å². The van der Waals surface area contributed by atoms with Gasteiger partial charge < -0.3 is 4.74 Å². The number of halogens is 1. The molecule has 0 aromatic heterocycles. The highest BCUT2D eigenvalue weighted by Crippen LogP contribution is 2.27. The Morgan fingerprint density at radius 1 is 1.35 bits per heavy atom. The van der Waals surface area contributed by atoms with E-state index in [1.807, 2.05) is 32.3 Å². The van der Waals surface area contributed by atoms with E-state index in [-0.39, 0.29) is 35.1 Å². The van der Waals surface area contributed by atoms with Crippen LogP contribution in [0.15, 0.2) is 43.0 Å². The Balaban J connectivity index is 0.00000361. The summed E-state index contributed by atoms with van der Waals surface area (Å²) in [5.74, 6) is -0.360. The number of esters is 1. The zero-order valence-electron chi connectivity index (χ0n) is 12.4. The largest absolute Gasteiger partial charge is 0.457 e. The molecular formula is C16H24BrNO2. The van der Waals surface area contributed by atoms with E-state index in [9.17, 15) is 4.79 Å². The molecule has 0 radical (unpaired) electrons. The van der Waals surface area contributed by atoms with E-state index in [0.29, 0.717) is 0 Å². The van der Waals surface area contributed by atoms with Gasteiger partial charge in [0.25, 0.3) is 0 Å². The van der Waals surface area contributed by atoms with Crippen molar-refractivity contribution in [1.82, 2.24) is 4.90 Å². The molecule has 0 heterocycles. The summed E-state index contributed by atoms with van der Waals surface area (Å²) >= 11 is 0. The fourth-order valence-electron chi connectivity index (χ4n) is 2.26. The van der Waals surface area contributed by atoms with Gasteiger partial charge in [0.05, 0.1) is 6.04 Å². The minimum Gasteiger partial charge on any atom is -0.457 e. The smallest absolute Gasteiger partial charge is 0.330 e. The van der Waals surface area contributed by atoms with Crippen molar-refractivity contribution in [2.24, 2.45) is 0 Å². The first-order valence-corrected chi connectivity index (χ1v) is 6.64.